The van der Waals surface area contributed by atoms with Crippen molar-refractivity contribution < 1.29 is 23.8 Å². The Hall–Kier alpha value is -1.10. The maximum Gasteiger partial charge on any atom is 0.302 e. The number of ether oxygens (including phenoxy) is 3. The molecular formula is C23H34O5. The Labute approximate surface area is 167 Å². The molecule has 5 heteroatoms. The van der Waals surface area contributed by atoms with E-state index in [0.29, 0.717) is 23.9 Å². The second kappa shape index (κ2) is 5.96. The van der Waals surface area contributed by atoms with Crippen molar-refractivity contribution >= 4 is 11.9 Å². The number of carbonyl (C=O) groups excluding carboxylic acids is 2. The van der Waals surface area contributed by atoms with Gasteiger partial charge in [0, 0.05) is 31.1 Å². The van der Waals surface area contributed by atoms with Crippen LogP contribution in [0.25, 0.3) is 0 Å². The van der Waals surface area contributed by atoms with Gasteiger partial charge in [-0.2, -0.15) is 0 Å². The Balaban J connectivity index is 1.39. The van der Waals surface area contributed by atoms with Crippen molar-refractivity contribution in [1.82, 2.24) is 0 Å². The minimum atomic E-state index is -0.174. The van der Waals surface area contributed by atoms with Crippen LogP contribution in [0.2, 0.25) is 0 Å². The highest BCUT2D eigenvalue weighted by Crippen LogP contribution is 2.73. The van der Waals surface area contributed by atoms with Crippen molar-refractivity contribution in [2.75, 3.05) is 0 Å². The van der Waals surface area contributed by atoms with Crippen molar-refractivity contribution in [3.63, 3.8) is 0 Å². The van der Waals surface area contributed by atoms with E-state index in [4.69, 9.17) is 14.2 Å². The fraction of sp³-hybridized carbons (Fsp3) is 0.913. The zero-order valence-corrected chi connectivity index (χ0v) is 17.7. The van der Waals surface area contributed by atoms with E-state index in [1.54, 1.807) is 0 Å². The molecule has 3 unspecified atom stereocenters. The molecule has 0 aromatic heterocycles. The minimum absolute atomic E-state index is 0.0146. The van der Waals surface area contributed by atoms with Crippen LogP contribution in [0.4, 0.5) is 0 Å². The first kappa shape index (κ1) is 18.9. The van der Waals surface area contributed by atoms with E-state index in [1.807, 2.05) is 0 Å². The number of epoxide rings is 1. The highest BCUT2D eigenvalue weighted by Gasteiger charge is 2.76. The summed E-state index contributed by atoms with van der Waals surface area (Å²) in [7, 11) is 0. The average Bonchev–Trinajstić information content (AvgIpc) is 3.20. The molecule has 1 heterocycles. The Morgan fingerprint density at radius 3 is 2.39 bits per heavy atom. The molecule has 5 fully saturated rings. The van der Waals surface area contributed by atoms with Gasteiger partial charge in [0.15, 0.2) is 0 Å². The van der Waals surface area contributed by atoms with Gasteiger partial charge in [-0.1, -0.05) is 13.8 Å². The Morgan fingerprint density at radius 1 is 0.929 bits per heavy atom. The number of hydrogen-bond donors (Lipinski definition) is 0. The van der Waals surface area contributed by atoms with Crippen molar-refractivity contribution in [1.29, 1.82) is 0 Å². The van der Waals surface area contributed by atoms with Gasteiger partial charge >= 0.3 is 11.9 Å². The molecule has 5 nitrogen and oxygen atoms in total. The number of esters is 2. The van der Waals surface area contributed by atoms with Gasteiger partial charge in [0.1, 0.15) is 17.8 Å². The fourth-order valence-corrected chi connectivity index (χ4v) is 8.32. The number of hydrogen-bond acceptors (Lipinski definition) is 5. The van der Waals surface area contributed by atoms with Gasteiger partial charge in [0.25, 0.3) is 0 Å². The van der Waals surface area contributed by atoms with Crippen LogP contribution in [0.3, 0.4) is 0 Å². The Bertz CT molecular complexity index is 705. The van der Waals surface area contributed by atoms with E-state index >= 15 is 0 Å². The molecule has 1 saturated heterocycles. The zero-order valence-electron chi connectivity index (χ0n) is 17.7. The number of rotatable bonds is 2. The van der Waals surface area contributed by atoms with Crippen LogP contribution in [0, 0.1) is 28.6 Å². The first-order chi connectivity index (χ1) is 13.2. The van der Waals surface area contributed by atoms with E-state index in [2.05, 4.69) is 13.8 Å². The van der Waals surface area contributed by atoms with Crippen LogP contribution < -0.4 is 0 Å². The summed E-state index contributed by atoms with van der Waals surface area (Å²) in [6.45, 7) is 7.87. The average molecular weight is 391 g/mol. The van der Waals surface area contributed by atoms with Gasteiger partial charge in [-0.05, 0) is 62.7 Å². The largest absolute Gasteiger partial charge is 0.462 e. The normalized spacial score (nSPS) is 53.9. The molecule has 0 bridgehead atoms. The molecule has 0 aromatic carbocycles. The van der Waals surface area contributed by atoms with Gasteiger partial charge < -0.3 is 14.2 Å². The van der Waals surface area contributed by atoms with Gasteiger partial charge in [-0.3, -0.25) is 9.59 Å². The second-order valence-corrected chi connectivity index (χ2v) is 10.7. The van der Waals surface area contributed by atoms with E-state index < -0.39 is 0 Å². The standard InChI is InChI=1S/C23H34O5/c1-13(24)26-15-7-10-22(4)18-8-9-21(3)17(5-6-19(21)27-14(2)25)16(18)11-20-23(22,12-15)28-20/h15-20H,5-12H2,1-4H3/t15-,16?,17?,18?,19-,20+,21-,22+,23+/m0/s1. The molecule has 0 aromatic rings. The smallest absolute Gasteiger partial charge is 0.302 e. The summed E-state index contributed by atoms with van der Waals surface area (Å²) in [6.07, 6.45) is 8.95. The van der Waals surface area contributed by atoms with E-state index in [0.717, 1.165) is 38.5 Å². The lowest BCUT2D eigenvalue weighted by molar-refractivity contribution is -0.164. The summed E-state index contributed by atoms with van der Waals surface area (Å²) >= 11 is 0. The van der Waals surface area contributed by atoms with Gasteiger partial charge in [-0.15, -0.1) is 0 Å². The molecule has 5 rings (SSSR count). The van der Waals surface area contributed by atoms with Crippen LogP contribution in [-0.4, -0.2) is 35.9 Å². The van der Waals surface area contributed by atoms with Crippen molar-refractivity contribution in [3.05, 3.63) is 0 Å². The summed E-state index contributed by atoms with van der Waals surface area (Å²) in [5, 5.41) is 0. The van der Waals surface area contributed by atoms with Crippen molar-refractivity contribution in [2.24, 2.45) is 28.6 Å². The van der Waals surface area contributed by atoms with Crippen molar-refractivity contribution in [2.45, 2.75) is 103 Å². The third-order valence-corrected chi connectivity index (χ3v) is 9.59. The summed E-state index contributed by atoms with van der Waals surface area (Å²) < 4.78 is 17.8. The first-order valence-corrected chi connectivity index (χ1v) is 11.2. The lowest BCUT2D eigenvalue weighted by Gasteiger charge is -2.59. The minimum Gasteiger partial charge on any atom is -0.462 e. The fourth-order valence-electron chi connectivity index (χ4n) is 8.32. The molecule has 0 N–H and O–H groups in total. The van der Waals surface area contributed by atoms with Crippen molar-refractivity contribution in [3.8, 4) is 0 Å². The lowest BCUT2D eigenvalue weighted by atomic mass is 9.45. The topological polar surface area (TPSA) is 65.1 Å². The molecule has 0 amide bonds. The Morgan fingerprint density at radius 2 is 1.68 bits per heavy atom. The molecular weight excluding hydrogens is 356 g/mol. The van der Waals surface area contributed by atoms with Crippen LogP contribution in [0.1, 0.15) is 79.1 Å². The maximum absolute atomic E-state index is 11.6. The summed E-state index contributed by atoms with van der Waals surface area (Å²) in [5.41, 5.74) is 0.222. The van der Waals surface area contributed by atoms with Crippen LogP contribution in [0.15, 0.2) is 0 Å². The summed E-state index contributed by atoms with van der Waals surface area (Å²) in [4.78, 5) is 23.1. The zero-order chi connectivity index (χ0) is 19.9. The number of carbonyl (C=O) groups is 2. The van der Waals surface area contributed by atoms with E-state index in [9.17, 15) is 9.59 Å². The van der Waals surface area contributed by atoms with E-state index in [1.165, 1.54) is 26.7 Å². The maximum atomic E-state index is 11.6. The van der Waals surface area contributed by atoms with Gasteiger partial charge in [-0.25, -0.2) is 0 Å². The quantitative estimate of drug-likeness (QED) is 0.526. The Kier molecular flexibility index (Phi) is 4.02. The van der Waals surface area contributed by atoms with Crippen LogP contribution in [0.5, 0.6) is 0 Å². The predicted molar refractivity (Wildman–Crippen MR) is 102 cm³/mol. The molecule has 1 spiro atoms. The molecule has 4 saturated carbocycles. The molecule has 1 aliphatic heterocycles. The summed E-state index contributed by atoms with van der Waals surface area (Å²) in [5.74, 6) is 1.64. The van der Waals surface area contributed by atoms with Crippen LogP contribution >= 0.6 is 0 Å². The second-order valence-electron chi connectivity index (χ2n) is 10.7. The SMILES string of the molecule is CC(=O)O[C@H]1CC[C@]2(C)C3CC[C@@]4(C)C(CC[C@@H]4OC(C)=O)C3C[C@H]3O[C@]32C1. The van der Waals surface area contributed by atoms with Gasteiger partial charge in [0.2, 0.25) is 0 Å². The molecule has 4 aliphatic carbocycles. The monoisotopic (exact) mass is 390 g/mol. The third-order valence-electron chi connectivity index (χ3n) is 9.59. The number of fused-ring (bicyclic) bond motifs is 4. The third kappa shape index (κ3) is 2.41. The van der Waals surface area contributed by atoms with Crippen LogP contribution in [-0.2, 0) is 23.8 Å². The predicted octanol–water partition coefficient (Wildman–Crippen LogP) is 4.02. The summed E-state index contributed by atoms with van der Waals surface area (Å²) in [6, 6.07) is 0. The molecule has 9 atom stereocenters. The lowest BCUT2D eigenvalue weighted by Crippen LogP contribution is -2.59. The highest BCUT2D eigenvalue weighted by atomic mass is 16.6. The molecule has 156 valence electrons. The van der Waals surface area contributed by atoms with E-state index in [-0.39, 0.29) is 40.6 Å². The molecule has 5 aliphatic rings. The molecule has 28 heavy (non-hydrogen) atoms. The highest BCUT2D eigenvalue weighted by molar-refractivity contribution is 5.66. The van der Waals surface area contributed by atoms with Gasteiger partial charge in [0.05, 0.1) is 6.10 Å². The first-order valence-electron chi connectivity index (χ1n) is 11.2. The molecule has 0 radical (unpaired) electrons.